The molecule has 8 aromatic carbocycles. The van der Waals surface area contributed by atoms with Crippen LogP contribution in [0.2, 0.25) is 0 Å². The van der Waals surface area contributed by atoms with Gasteiger partial charge < -0.3 is 36.7 Å². The molecule has 0 aliphatic carbocycles. The number of fused-ring (bicyclic) bond motifs is 7. The second-order valence-corrected chi connectivity index (χ2v) is 27.1. The summed E-state index contributed by atoms with van der Waals surface area (Å²) in [6, 6.07) is 67.3. The van der Waals surface area contributed by atoms with E-state index in [1.807, 2.05) is 133 Å². The normalized spacial score (nSPS) is 23.7. The van der Waals surface area contributed by atoms with Crippen molar-refractivity contribution in [2.45, 2.75) is 101 Å². The summed E-state index contributed by atoms with van der Waals surface area (Å²) in [7, 11) is 0. The van der Waals surface area contributed by atoms with Crippen LogP contribution in [0.4, 0.5) is 22.7 Å². The summed E-state index contributed by atoms with van der Waals surface area (Å²) in [5.74, 6) is -1.54. The van der Waals surface area contributed by atoms with Gasteiger partial charge in [0, 0.05) is 108 Å². The lowest BCUT2D eigenvalue weighted by molar-refractivity contribution is 0.101. The predicted molar refractivity (Wildman–Crippen MR) is 373 cm³/mol. The maximum absolute atomic E-state index is 15.0. The van der Waals surface area contributed by atoms with E-state index in [4.69, 9.17) is 4.99 Å². The fraction of sp³-hybridized carbons (Fsp3) is 0.210. The molecule has 93 heavy (non-hydrogen) atoms. The number of H-pyrrole nitrogens is 1. The van der Waals surface area contributed by atoms with E-state index in [0.717, 1.165) is 89.8 Å². The molecule has 0 spiro atoms. The van der Waals surface area contributed by atoms with Crippen molar-refractivity contribution in [1.29, 1.82) is 0 Å². The Morgan fingerprint density at radius 2 is 1.06 bits per heavy atom. The van der Waals surface area contributed by atoms with Crippen molar-refractivity contribution < 1.29 is 19.5 Å². The summed E-state index contributed by atoms with van der Waals surface area (Å²) in [5.41, 5.74) is 18.0. The lowest BCUT2D eigenvalue weighted by Crippen LogP contribution is -2.38. The molecule has 12 nitrogen and oxygen atoms in total. The summed E-state index contributed by atoms with van der Waals surface area (Å²) in [6.07, 6.45) is 10.9. The van der Waals surface area contributed by atoms with E-state index >= 15 is 0 Å². The Labute approximate surface area is 542 Å². The largest absolute Gasteiger partial charge is 0.378 e. The third-order valence-electron chi connectivity index (χ3n) is 19.5. The zero-order valence-corrected chi connectivity index (χ0v) is 52.6. The maximum atomic E-state index is 15.0. The lowest BCUT2D eigenvalue weighted by Gasteiger charge is -2.30. The van der Waals surface area contributed by atoms with Crippen LogP contribution in [0.25, 0.3) is 11.1 Å². The number of aromatic nitrogens is 1. The number of amides is 3. The minimum absolute atomic E-state index is 0.234. The van der Waals surface area contributed by atoms with Crippen LogP contribution in [0.15, 0.2) is 247 Å². The second-order valence-electron chi connectivity index (χ2n) is 27.1. The molecule has 6 unspecified atom stereocenters. The standard InChI is InChI=1S/C81H74N8O4/c1-80(2)45-48-17-13-20-51(41-48)76(90)86-60-29-9-5-25-56(60)72-64-33-35-68(82-64)74-58-27-7-11-31-62(58)88-78(92)53-22-15-19-50(43-53)47-81(3,4)55-24-16-23-54(44-55)79(93)89-63-32-12-8-28-59(63)75(70-39-37-66(72)84-70)71-40-38-67(85-71)73(65-34-36-69(74)83-65)57-26-6-10-30-61(57)87-77(91)52-21-14-18-49(42-52)46-80/h5-37,39,41-44,64,68,70,74-75,79,82-84,89,93H,38,40,45-47H2,1-4H3,(H,86,90)(H,87,91)(H,88,92)/b72-66-,73-67-. The van der Waals surface area contributed by atoms with Crippen LogP contribution in [0.3, 0.4) is 0 Å². The van der Waals surface area contributed by atoms with Gasteiger partial charge in [0.1, 0.15) is 0 Å². The van der Waals surface area contributed by atoms with Crippen molar-refractivity contribution in [2.75, 3.05) is 21.3 Å². The number of para-hydroxylation sites is 4. The van der Waals surface area contributed by atoms with Gasteiger partial charge in [0.2, 0.25) is 0 Å². The van der Waals surface area contributed by atoms with Gasteiger partial charge in [0.25, 0.3) is 17.7 Å². The second kappa shape index (κ2) is 24.0. The maximum Gasteiger partial charge on any atom is 0.255 e. The highest BCUT2D eigenvalue weighted by Gasteiger charge is 2.40. The van der Waals surface area contributed by atoms with Crippen LogP contribution in [0, 0.1) is 5.41 Å². The van der Waals surface area contributed by atoms with Gasteiger partial charge in [-0.15, -0.1) is 0 Å². The van der Waals surface area contributed by atoms with E-state index in [1.54, 1.807) is 0 Å². The first-order valence-electron chi connectivity index (χ1n) is 32.4. The highest BCUT2D eigenvalue weighted by atomic mass is 16.3. The smallest absolute Gasteiger partial charge is 0.255 e. The third kappa shape index (κ3) is 11.7. The molecule has 6 atom stereocenters. The first kappa shape index (κ1) is 58.9. The van der Waals surface area contributed by atoms with Crippen LogP contribution in [0.5, 0.6) is 0 Å². The molecular weight excluding hydrogens is 1150 g/mol. The summed E-state index contributed by atoms with van der Waals surface area (Å²) >= 11 is 0. The van der Waals surface area contributed by atoms with Crippen LogP contribution in [-0.4, -0.2) is 51.6 Å². The number of anilines is 4. The van der Waals surface area contributed by atoms with Gasteiger partial charge in [-0.25, -0.2) is 0 Å². The van der Waals surface area contributed by atoms with Gasteiger partial charge in [0.05, 0.1) is 17.8 Å². The van der Waals surface area contributed by atoms with E-state index in [-0.39, 0.29) is 41.1 Å². The quantitative estimate of drug-likeness (QED) is 0.0698. The Morgan fingerprint density at radius 1 is 0.495 bits per heavy atom. The monoisotopic (exact) mass is 1220 g/mol. The van der Waals surface area contributed by atoms with Gasteiger partial charge in [-0.3, -0.25) is 24.7 Å². The van der Waals surface area contributed by atoms with Crippen LogP contribution >= 0.6 is 0 Å². The van der Waals surface area contributed by atoms with Gasteiger partial charge in [-0.2, -0.15) is 0 Å². The number of allylic oxidation sites excluding steroid dienone is 2. The minimum atomic E-state index is -1.10. The van der Waals surface area contributed by atoms with Crippen molar-refractivity contribution in [1.82, 2.24) is 15.6 Å². The molecule has 8 aliphatic heterocycles. The molecule has 3 amide bonds. The summed E-state index contributed by atoms with van der Waals surface area (Å²) in [5, 5.41) is 34.5. The highest BCUT2D eigenvalue weighted by molar-refractivity contribution is 6.08. The molecule has 12 heteroatoms. The molecule has 8 aliphatic rings. The van der Waals surface area contributed by atoms with Gasteiger partial charge in [-0.1, -0.05) is 179 Å². The number of aliphatic imine (C=N–C) groups is 1. The number of hydrogen-bond donors (Lipinski definition) is 8. The first-order valence-corrected chi connectivity index (χ1v) is 32.4. The number of hydrogen-bond acceptors (Lipinski definition) is 8. The number of aromatic amines is 1. The van der Waals surface area contributed by atoms with Crippen molar-refractivity contribution in [3.8, 4) is 0 Å². The Balaban J connectivity index is 0.993. The van der Waals surface area contributed by atoms with Crippen molar-refractivity contribution in [2.24, 2.45) is 10.4 Å². The van der Waals surface area contributed by atoms with Gasteiger partial charge in [-0.05, 0) is 155 Å². The van der Waals surface area contributed by atoms with Crippen LogP contribution in [0.1, 0.15) is 151 Å². The Kier molecular flexibility index (Phi) is 15.2. The Bertz CT molecular complexity index is 4650. The number of nitrogens with one attached hydrogen (secondary N) is 7. The zero-order chi connectivity index (χ0) is 63.5. The number of carbonyl (C=O) groups is 3. The SMILES string of the molecule is CC1(C)Cc2cccc(c2)C(=O)Nc2ccccc2/C2=C3\CCC(=N3)C3c4ccccc4NC(O)c4cccc(c4)C(C)(C)Cc4cccc(c4)C(=O)Nc4ccccc4C(c4ccc2[nH]4)C2C=CC(N2)/C(=C2/C=CC3N2)c2ccccc2NC(=O)c2cccc(c2)C1. The minimum Gasteiger partial charge on any atom is -0.378 e. The Hall–Kier alpha value is -10.4. The van der Waals surface area contributed by atoms with Crippen LogP contribution in [-0.2, 0) is 24.7 Å². The molecule has 462 valence electrons. The molecule has 0 radical (unpaired) electrons. The fourth-order valence-corrected chi connectivity index (χ4v) is 15.1. The third-order valence-corrected chi connectivity index (χ3v) is 19.5. The Morgan fingerprint density at radius 3 is 1.74 bits per heavy atom. The molecular formula is C81H74N8O4. The van der Waals surface area contributed by atoms with Crippen molar-refractivity contribution in [3.63, 3.8) is 0 Å². The zero-order valence-electron chi connectivity index (χ0n) is 52.6. The van der Waals surface area contributed by atoms with Crippen molar-refractivity contribution >= 4 is 57.3 Å². The van der Waals surface area contributed by atoms with E-state index in [9.17, 15) is 19.5 Å². The van der Waals surface area contributed by atoms with E-state index in [0.29, 0.717) is 71.4 Å². The fourth-order valence-electron chi connectivity index (χ4n) is 15.1. The summed E-state index contributed by atoms with van der Waals surface area (Å²) in [6.45, 7) is 8.86. The van der Waals surface area contributed by atoms with E-state index in [2.05, 4.69) is 162 Å². The highest BCUT2D eigenvalue weighted by Crippen LogP contribution is 2.46. The molecule has 20 bridgehead atoms. The van der Waals surface area contributed by atoms with E-state index in [1.165, 1.54) is 0 Å². The number of rotatable bonds is 0. The average molecular weight is 1220 g/mol. The average Bonchev–Trinajstić information content (AvgIpc) is 1.65. The van der Waals surface area contributed by atoms with Crippen LogP contribution < -0.4 is 31.9 Å². The molecule has 17 rings (SSSR count). The first-order chi connectivity index (χ1) is 45.1. The molecule has 0 fully saturated rings. The lowest BCUT2D eigenvalue weighted by atomic mass is 9.78. The number of nitrogens with zero attached hydrogens (tertiary/aromatic N) is 1. The van der Waals surface area contributed by atoms with Gasteiger partial charge >= 0.3 is 0 Å². The van der Waals surface area contributed by atoms with Gasteiger partial charge in [0.15, 0.2) is 6.23 Å². The summed E-state index contributed by atoms with van der Waals surface area (Å²) in [4.78, 5) is 54.7. The molecule has 8 N–H and O–H groups in total. The summed E-state index contributed by atoms with van der Waals surface area (Å²) < 4.78 is 0. The predicted octanol–water partition coefficient (Wildman–Crippen LogP) is 15.6. The molecule has 0 saturated carbocycles. The number of benzene rings is 8. The number of carbonyl (C=O) groups excluding carboxylic acids is 3. The molecule has 1 aromatic heterocycles. The molecule has 0 saturated heterocycles. The van der Waals surface area contributed by atoms with Crippen molar-refractivity contribution in [3.05, 3.63) is 320 Å². The molecule has 9 aromatic rings. The topological polar surface area (TPSA) is 172 Å². The van der Waals surface area contributed by atoms with E-state index < -0.39 is 23.6 Å². The molecule has 9 heterocycles. The number of aliphatic hydroxyl groups excluding tert-OH is 1. The number of aliphatic hydroxyl groups is 1.